The van der Waals surface area contributed by atoms with E-state index in [2.05, 4.69) is 4.98 Å². The van der Waals surface area contributed by atoms with Crippen LogP contribution in [0.4, 0.5) is 13.2 Å². The number of fused-ring (bicyclic) bond motifs is 1. The Morgan fingerprint density at radius 3 is 2.59 bits per heavy atom. The molecule has 1 heterocycles. The summed E-state index contributed by atoms with van der Waals surface area (Å²) in [5.41, 5.74) is 0.728. The number of hydrogen-bond acceptors (Lipinski definition) is 1. The summed E-state index contributed by atoms with van der Waals surface area (Å²) in [6, 6.07) is 5.09. The van der Waals surface area contributed by atoms with Gasteiger partial charge in [-0.3, -0.25) is 0 Å². The van der Waals surface area contributed by atoms with Crippen LogP contribution in [0.25, 0.3) is 10.9 Å². The van der Waals surface area contributed by atoms with Crippen LogP contribution < -0.4 is 0 Å². The summed E-state index contributed by atoms with van der Waals surface area (Å²) in [4.78, 5) is 2.39. The fourth-order valence-electron chi connectivity index (χ4n) is 1.98. The Morgan fingerprint density at radius 2 is 2.00 bits per heavy atom. The van der Waals surface area contributed by atoms with E-state index in [-0.39, 0.29) is 18.6 Å². The number of aromatic amines is 1. The Morgan fingerprint density at radius 1 is 1.29 bits per heavy atom. The van der Waals surface area contributed by atoms with Crippen molar-refractivity contribution >= 4 is 10.9 Å². The zero-order valence-corrected chi connectivity index (χ0v) is 9.23. The molecule has 0 aliphatic carbocycles. The van der Waals surface area contributed by atoms with Gasteiger partial charge in [-0.25, -0.2) is 0 Å². The lowest BCUT2D eigenvalue weighted by atomic mass is 10.1. The minimum absolute atomic E-state index is 0.00208. The maximum absolute atomic E-state index is 12.8. The maximum atomic E-state index is 12.8. The lowest BCUT2D eigenvalue weighted by molar-refractivity contribution is -0.141. The van der Waals surface area contributed by atoms with Gasteiger partial charge in [0.25, 0.3) is 0 Å². The number of halogens is 3. The smallest absolute Gasteiger partial charge is 0.396 e. The van der Waals surface area contributed by atoms with Crippen molar-refractivity contribution in [1.29, 1.82) is 0 Å². The van der Waals surface area contributed by atoms with E-state index >= 15 is 0 Å². The predicted molar refractivity (Wildman–Crippen MR) is 58.8 cm³/mol. The second-order valence-corrected chi connectivity index (χ2v) is 4.00. The van der Waals surface area contributed by atoms with Crippen LogP contribution >= 0.6 is 0 Å². The van der Waals surface area contributed by atoms with Gasteiger partial charge in [0.05, 0.1) is 0 Å². The number of aromatic nitrogens is 1. The molecule has 2 rings (SSSR count). The number of aryl methyl sites for hydroxylation is 1. The Kier molecular flexibility index (Phi) is 2.87. The van der Waals surface area contributed by atoms with Gasteiger partial charge < -0.3 is 10.1 Å². The van der Waals surface area contributed by atoms with Crippen LogP contribution in [-0.2, 0) is 12.6 Å². The largest absolute Gasteiger partial charge is 0.431 e. The van der Waals surface area contributed by atoms with Crippen LogP contribution in [-0.4, -0.2) is 16.7 Å². The average molecular weight is 243 g/mol. The van der Waals surface area contributed by atoms with E-state index in [0.29, 0.717) is 10.9 Å². The van der Waals surface area contributed by atoms with Gasteiger partial charge in [-0.15, -0.1) is 0 Å². The van der Waals surface area contributed by atoms with Crippen molar-refractivity contribution in [3.63, 3.8) is 0 Å². The molecule has 0 aliphatic heterocycles. The molecule has 0 saturated carbocycles. The van der Waals surface area contributed by atoms with Crippen LogP contribution in [0, 0.1) is 6.92 Å². The Bertz CT molecular complexity index is 542. The third-order valence-electron chi connectivity index (χ3n) is 2.71. The molecule has 5 heteroatoms. The number of alkyl halides is 3. The van der Waals surface area contributed by atoms with Crippen LogP contribution in [0.3, 0.4) is 0 Å². The lowest BCUT2D eigenvalue weighted by Crippen LogP contribution is -2.09. The number of aliphatic hydroxyl groups excluding tert-OH is 1. The molecule has 0 spiro atoms. The highest BCUT2D eigenvalue weighted by Crippen LogP contribution is 2.35. The molecule has 2 aromatic rings. The van der Waals surface area contributed by atoms with Crippen LogP contribution in [0.2, 0.25) is 0 Å². The molecule has 2 nitrogen and oxygen atoms in total. The van der Waals surface area contributed by atoms with Gasteiger partial charge in [-0.05, 0) is 30.5 Å². The molecule has 0 saturated heterocycles. The highest BCUT2D eigenvalue weighted by molar-refractivity contribution is 5.85. The molecule has 0 unspecified atom stereocenters. The summed E-state index contributed by atoms with van der Waals surface area (Å²) in [6.07, 6.45) is -4.42. The molecule has 0 aliphatic rings. The van der Waals surface area contributed by atoms with E-state index in [1.165, 1.54) is 0 Å². The monoisotopic (exact) mass is 243 g/mol. The molecule has 0 bridgehead atoms. The number of H-pyrrole nitrogens is 1. The van der Waals surface area contributed by atoms with E-state index in [1.54, 1.807) is 18.2 Å². The molecule has 0 fully saturated rings. The van der Waals surface area contributed by atoms with Crippen molar-refractivity contribution in [3.05, 3.63) is 35.0 Å². The Balaban J connectivity index is 2.70. The first kappa shape index (κ1) is 12.0. The van der Waals surface area contributed by atoms with Gasteiger partial charge in [-0.1, -0.05) is 12.1 Å². The third kappa shape index (κ3) is 2.15. The van der Waals surface area contributed by atoms with E-state index in [9.17, 15) is 13.2 Å². The molecule has 1 aromatic heterocycles. The number of hydrogen-bond donors (Lipinski definition) is 2. The molecular weight excluding hydrogens is 231 g/mol. The Hall–Kier alpha value is -1.49. The Labute approximate surface area is 96.1 Å². The van der Waals surface area contributed by atoms with Crippen molar-refractivity contribution in [3.8, 4) is 0 Å². The van der Waals surface area contributed by atoms with Crippen molar-refractivity contribution < 1.29 is 18.3 Å². The minimum atomic E-state index is -4.42. The summed E-state index contributed by atoms with van der Waals surface area (Å²) in [5, 5.41) is 9.39. The highest BCUT2D eigenvalue weighted by atomic mass is 19.4. The average Bonchev–Trinajstić information content (AvgIpc) is 2.56. The summed E-state index contributed by atoms with van der Waals surface area (Å²) >= 11 is 0. The topological polar surface area (TPSA) is 36.0 Å². The number of rotatable bonds is 2. The lowest BCUT2D eigenvalue weighted by Gasteiger charge is -2.06. The van der Waals surface area contributed by atoms with Gasteiger partial charge in [0.15, 0.2) is 0 Å². The molecule has 2 N–H and O–H groups in total. The first-order valence-electron chi connectivity index (χ1n) is 5.22. The molecule has 0 radical (unpaired) electrons. The number of nitrogens with one attached hydrogen (secondary N) is 1. The summed E-state index contributed by atoms with van der Waals surface area (Å²) in [6.45, 7) is 1.52. The number of aliphatic hydroxyl groups is 1. The van der Waals surface area contributed by atoms with Crippen LogP contribution in [0.15, 0.2) is 18.2 Å². The van der Waals surface area contributed by atoms with Crippen molar-refractivity contribution in [2.45, 2.75) is 19.5 Å². The zero-order chi connectivity index (χ0) is 12.6. The maximum Gasteiger partial charge on any atom is 0.431 e. The van der Waals surface area contributed by atoms with E-state index < -0.39 is 11.9 Å². The molecule has 17 heavy (non-hydrogen) atoms. The van der Waals surface area contributed by atoms with Gasteiger partial charge in [-0.2, -0.15) is 13.2 Å². The summed E-state index contributed by atoms with van der Waals surface area (Å²) < 4.78 is 38.4. The first-order valence-corrected chi connectivity index (χ1v) is 5.22. The second kappa shape index (κ2) is 4.07. The van der Waals surface area contributed by atoms with Gasteiger partial charge >= 0.3 is 6.18 Å². The van der Waals surface area contributed by atoms with Gasteiger partial charge in [0, 0.05) is 17.5 Å². The zero-order valence-electron chi connectivity index (χ0n) is 9.23. The standard InChI is InChI=1S/C12H12F3NO/c1-7-2-3-8-9(4-5-17)11(12(13,14)15)16-10(8)6-7/h2-3,6,16-17H,4-5H2,1H3. The molecular formula is C12H12F3NO. The summed E-state index contributed by atoms with van der Waals surface area (Å²) in [7, 11) is 0. The fraction of sp³-hybridized carbons (Fsp3) is 0.333. The van der Waals surface area contributed by atoms with Gasteiger partial charge in [0.2, 0.25) is 0 Å². The number of benzene rings is 1. The quantitative estimate of drug-likeness (QED) is 0.835. The predicted octanol–water partition coefficient (Wildman–Crippen LogP) is 3.03. The summed E-state index contributed by atoms with van der Waals surface area (Å²) in [5.74, 6) is 0. The molecule has 92 valence electrons. The van der Waals surface area contributed by atoms with E-state index in [1.807, 2.05) is 6.92 Å². The second-order valence-electron chi connectivity index (χ2n) is 4.00. The van der Waals surface area contributed by atoms with Gasteiger partial charge in [0.1, 0.15) is 5.69 Å². The molecule has 1 aromatic carbocycles. The van der Waals surface area contributed by atoms with Crippen molar-refractivity contribution in [2.24, 2.45) is 0 Å². The van der Waals surface area contributed by atoms with Crippen molar-refractivity contribution in [2.75, 3.05) is 6.61 Å². The SMILES string of the molecule is Cc1ccc2c(CCO)c(C(F)(F)F)[nH]c2c1. The fourth-order valence-corrected chi connectivity index (χ4v) is 1.98. The van der Waals surface area contributed by atoms with E-state index in [0.717, 1.165) is 5.56 Å². The van der Waals surface area contributed by atoms with Crippen LogP contribution in [0.5, 0.6) is 0 Å². The minimum Gasteiger partial charge on any atom is -0.396 e. The van der Waals surface area contributed by atoms with Crippen LogP contribution in [0.1, 0.15) is 16.8 Å². The van der Waals surface area contributed by atoms with E-state index in [4.69, 9.17) is 5.11 Å². The normalized spacial score (nSPS) is 12.3. The highest BCUT2D eigenvalue weighted by Gasteiger charge is 2.36. The van der Waals surface area contributed by atoms with Crippen molar-refractivity contribution in [1.82, 2.24) is 4.98 Å². The molecule has 0 atom stereocenters. The first-order chi connectivity index (χ1) is 7.93. The molecule has 0 amide bonds. The third-order valence-corrected chi connectivity index (χ3v) is 2.71.